The lowest BCUT2D eigenvalue weighted by atomic mass is 10.1. The molecule has 0 saturated carbocycles. The molecule has 4 rings (SSSR count). The monoisotopic (exact) mass is 396 g/mol. The van der Waals surface area contributed by atoms with Gasteiger partial charge in [0.15, 0.2) is 0 Å². The summed E-state index contributed by atoms with van der Waals surface area (Å²) >= 11 is 0. The van der Waals surface area contributed by atoms with Crippen molar-refractivity contribution in [2.45, 2.75) is 13.8 Å². The van der Waals surface area contributed by atoms with E-state index in [1.807, 2.05) is 62.4 Å². The number of aliphatic imine (C=N–C) groups is 1. The minimum atomic E-state index is -0.989. The van der Waals surface area contributed by atoms with Crippen molar-refractivity contribution < 1.29 is 14.7 Å². The van der Waals surface area contributed by atoms with Crippen molar-refractivity contribution in [2.24, 2.45) is 4.99 Å². The van der Waals surface area contributed by atoms with Gasteiger partial charge in [0, 0.05) is 5.56 Å². The van der Waals surface area contributed by atoms with Gasteiger partial charge in [-0.15, -0.1) is 0 Å². The Bertz CT molecular complexity index is 1210. The van der Waals surface area contributed by atoms with Crippen LogP contribution in [-0.2, 0) is 4.79 Å². The summed E-state index contributed by atoms with van der Waals surface area (Å²) in [4.78, 5) is 30.7. The summed E-state index contributed by atoms with van der Waals surface area (Å²) in [5, 5.41) is 9.07. The van der Waals surface area contributed by atoms with Crippen molar-refractivity contribution in [1.82, 2.24) is 0 Å². The Morgan fingerprint density at radius 3 is 2.23 bits per heavy atom. The number of carbonyl (C=O) groups is 2. The van der Waals surface area contributed by atoms with Crippen molar-refractivity contribution in [2.75, 3.05) is 4.90 Å². The first-order chi connectivity index (χ1) is 14.4. The molecule has 0 bridgehead atoms. The van der Waals surface area contributed by atoms with Crippen molar-refractivity contribution in [1.29, 1.82) is 0 Å². The second-order valence-corrected chi connectivity index (χ2v) is 7.24. The summed E-state index contributed by atoms with van der Waals surface area (Å²) in [5.41, 5.74) is 4.94. The Balaban J connectivity index is 1.80. The standard InChI is InChI=1S/C25H20N2O3/c1-16-5-3-7-20(13-16)23-26-22(15-18-9-11-19(12-10-18)25(29)30)24(28)27(23)21-8-4-6-17(2)14-21/h3-15H,1-2H3,(H,29,30)/b22-15+. The number of aryl methyl sites for hydroxylation is 2. The van der Waals surface area contributed by atoms with Crippen LogP contribution in [0.4, 0.5) is 5.69 Å². The maximum atomic E-state index is 13.3. The Kier molecular flexibility index (Phi) is 5.02. The first-order valence-corrected chi connectivity index (χ1v) is 9.54. The highest BCUT2D eigenvalue weighted by molar-refractivity contribution is 6.33. The molecule has 5 heteroatoms. The molecule has 1 aliphatic rings. The molecular weight excluding hydrogens is 376 g/mol. The first-order valence-electron chi connectivity index (χ1n) is 9.54. The maximum absolute atomic E-state index is 13.3. The molecule has 3 aromatic rings. The number of benzene rings is 3. The van der Waals surface area contributed by atoms with Crippen LogP contribution in [0, 0.1) is 13.8 Å². The van der Waals surface area contributed by atoms with Gasteiger partial charge in [0.1, 0.15) is 11.5 Å². The largest absolute Gasteiger partial charge is 0.478 e. The van der Waals surface area contributed by atoms with E-state index < -0.39 is 5.97 Å². The fraction of sp³-hybridized carbons (Fsp3) is 0.0800. The molecule has 148 valence electrons. The highest BCUT2D eigenvalue weighted by Gasteiger charge is 2.32. The summed E-state index contributed by atoms with van der Waals surface area (Å²) < 4.78 is 0. The number of aromatic carboxylic acids is 1. The van der Waals surface area contributed by atoms with Gasteiger partial charge in [-0.1, -0.05) is 48.0 Å². The molecule has 5 nitrogen and oxygen atoms in total. The predicted molar refractivity (Wildman–Crippen MR) is 118 cm³/mol. The number of carboxylic acid groups (broad SMARTS) is 1. The SMILES string of the molecule is Cc1cccc(C2=N/C(=C/c3ccc(C(=O)O)cc3)C(=O)N2c2cccc(C)c2)c1. The first kappa shape index (κ1) is 19.3. The molecule has 0 aliphatic carbocycles. The molecule has 1 amide bonds. The van der Waals surface area contributed by atoms with Gasteiger partial charge in [-0.25, -0.2) is 9.79 Å². The van der Waals surface area contributed by atoms with E-state index in [-0.39, 0.29) is 11.5 Å². The Hall–Kier alpha value is -3.99. The molecule has 0 unspecified atom stereocenters. The topological polar surface area (TPSA) is 70.0 Å². The van der Waals surface area contributed by atoms with Gasteiger partial charge in [0.25, 0.3) is 5.91 Å². The van der Waals surface area contributed by atoms with Crippen LogP contribution in [-0.4, -0.2) is 22.8 Å². The van der Waals surface area contributed by atoms with Crippen LogP contribution in [0.3, 0.4) is 0 Å². The van der Waals surface area contributed by atoms with Gasteiger partial charge in [0.2, 0.25) is 0 Å². The average molecular weight is 396 g/mol. The van der Waals surface area contributed by atoms with E-state index >= 15 is 0 Å². The quantitative estimate of drug-likeness (QED) is 0.642. The number of hydrogen-bond donors (Lipinski definition) is 1. The van der Waals surface area contributed by atoms with E-state index in [4.69, 9.17) is 5.11 Å². The number of nitrogens with zero attached hydrogens (tertiary/aromatic N) is 2. The van der Waals surface area contributed by atoms with E-state index in [9.17, 15) is 9.59 Å². The zero-order valence-electron chi connectivity index (χ0n) is 16.7. The number of carboxylic acids is 1. The predicted octanol–water partition coefficient (Wildman–Crippen LogP) is 4.84. The van der Waals surface area contributed by atoms with Crippen LogP contribution < -0.4 is 4.90 Å². The number of amidine groups is 1. The zero-order valence-corrected chi connectivity index (χ0v) is 16.7. The number of hydrogen-bond acceptors (Lipinski definition) is 3. The second-order valence-electron chi connectivity index (χ2n) is 7.24. The highest BCUT2D eigenvalue weighted by atomic mass is 16.4. The van der Waals surface area contributed by atoms with Gasteiger partial charge in [-0.05, 0) is 61.4 Å². The van der Waals surface area contributed by atoms with E-state index in [0.29, 0.717) is 17.1 Å². The number of amides is 1. The molecule has 0 fully saturated rings. The van der Waals surface area contributed by atoms with Crippen molar-refractivity contribution in [3.05, 3.63) is 106 Å². The Morgan fingerprint density at radius 1 is 0.933 bits per heavy atom. The lowest BCUT2D eigenvalue weighted by molar-refractivity contribution is -0.113. The third-order valence-electron chi connectivity index (χ3n) is 4.86. The van der Waals surface area contributed by atoms with Gasteiger partial charge >= 0.3 is 5.97 Å². The molecule has 0 radical (unpaired) electrons. The van der Waals surface area contributed by atoms with E-state index in [1.165, 1.54) is 12.1 Å². The van der Waals surface area contributed by atoms with Crippen molar-refractivity contribution in [3.8, 4) is 0 Å². The minimum Gasteiger partial charge on any atom is -0.478 e. The van der Waals surface area contributed by atoms with Crippen molar-refractivity contribution in [3.63, 3.8) is 0 Å². The van der Waals surface area contributed by atoms with Gasteiger partial charge in [-0.2, -0.15) is 0 Å². The minimum absolute atomic E-state index is 0.195. The molecule has 30 heavy (non-hydrogen) atoms. The number of carbonyl (C=O) groups excluding carboxylic acids is 1. The third kappa shape index (κ3) is 3.78. The van der Waals surface area contributed by atoms with Crippen molar-refractivity contribution >= 4 is 29.5 Å². The fourth-order valence-corrected chi connectivity index (χ4v) is 3.38. The fourth-order valence-electron chi connectivity index (χ4n) is 3.38. The van der Waals surface area contributed by atoms with Crippen LogP contribution in [0.2, 0.25) is 0 Å². The molecule has 0 saturated heterocycles. The summed E-state index contributed by atoms with van der Waals surface area (Å²) in [7, 11) is 0. The summed E-state index contributed by atoms with van der Waals surface area (Å²) in [6, 6.07) is 22.0. The van der Waals surface area contributed by atoms with Crippen LogP contribution in [0.25, 0.3) is 6.08 Å². The molecule has 1 N–H and O–H groups in total. The van der Waals surface area contributed by atoms with E-state index in [0.717, 1.165) is 22.4 Å². The van der Waals surface area contributed by atoms with E-state index in [1.54, 1.807) is 23.1 Å². The second kappa shape index (κ2) is 7.79. The lowest BCUT2D eigenvalue weighted by Crippen LogP contribution is -2.32. The van der Waals surface area contributed by atoms with Crippen LogP contribution >= 0.6 is 0 Å². The summed E-state index contributed by atoms with van der Waals surface area (Å²) in [6.45, 7) is 3.98. The smallest absolute Gasteiger partial charge is 0.335 e. The Labute approximate surface area is 174 Å². The Morgan fingerprint density at radius 2 is 1.60 bits per heavy atom. The number of anilines is 1. The normalized spacial score (nSPS) is 14.9. The highest BCUT2D eigenvalue weighted by Crippen LogP contribution is 2.28. The average Bonchev–Trinajstić information content (AvgIpc) is 3.04. The summed E-state index contributed by atoms with van der Waals surface area (Å²) in [5.74, 6) is -0.640. The summed E-state index contributed by atoms with van der Waals surface area (Å²) in [6.07, 6.45) is 1.68. The molecule has 1 aliphatic heterocycles. The van der Waals surface area contributed by atoms with E-state index in [2.05, 4.69) is 4.99 Å². The molecule has 0 atom stereocenters. The van der Waals surface area contributed by atoms with Crippen LogP contribution in [0.5, 0.6) is 0 Å². The molecule has 3 aromatic carbocycles. The molecule has 0 aromatic heterocycles. The van der Waals surface area contributed by atoms with Crippen LogP contribution in [0.15, 0.2) is 83.5 Å². The van der Waals surface area contributed by atoms with Gasteiger partial charge in [-0.3, -0.25) is 9.69 Å². The maximum Gasteiger partial charge on any atom is 0.335 e. The molecule has 0 spiro atoms. The van der Waals surface area contributed by atoms with Gasteiger partial charge in [0.05, 0.1) is 11.3 Å². The van der Waals surface area contributed by atoms with Crippen LogP contribution in [0.1, 0.15) is 32.6 Å². The zero-order chi connectivity index (χ0) is 21.3. The lowest BCUT2D eigenvalue weighted by Gasteiger charge is -2.19. The molecule has 1 heterocycles. The third-order valence-corrected chi connectivity index (χ3v) is 4.86. The van der Waals surface area contributed by atoms with Gasteiger partial charge < -0.3 is 5.11 Å². The number of rotatable bonds is 4. The molecular formula is C25H20N2O3.